The van der Waals surface area contributed by atoms with Gasteiger partial charge >= 0.3 is 53.7 Å². The highest BCUT2D eigenvalue weighted by molar-refractivity contribution is 5.96. The molecule has 3 fully saturated rings. The Morgan fingerprint density at radius 3 is 0.830 bits per heavy atom. The van der Waals surface area contributed by atoms with Crippen LogP contribution in [0, 0.1) is 20.8 Å². The zero-order chi connectivity index (χ0) is 99.3. The third-order valence-electron chi connectivity index (χ3n) is 20.7. The highest BCUT2D eigenvalue weighted by Gasteiger charge is 2.49. The Bertz CT molecular complexity index is 5840. The fourth-order valence-corrected chi connectivity index (χ4v) is 13.3. The van der Waals surface area contributed by atoms with Crippen LogP contribution in [0.15, 0.2) is 115 Å². The van der Waals surface area contributed by atoms with Crippen LogP contribution in [-0.2, 0) is 83.3 Å². The standard InChI is InChI=1S/C30H30O16.C29H28O16.C29H28O15/c1-12-2-13(5-18(33)23(12)36)28(40)44-10-21-26(39)27(46-30(42)14-3-16(8-31)24(37)17(4-14)9-32)22(11-43-21)45-29(41)15-6-19(34)25(38)20(35)7-15;1-11-2-12(4-16(31)22(11)35)27(39)43-10-21-26(45-29(41)13-3-15(8-30)23(36)17(32)5-13)25(38)20(9-42-21)44-28(40)14-6-18(33)24(37)19(34)7-14;1-12-4-14(6-18(32)23(12)35)27(38)42-10-21-25(37)26(44-28(39)13-2-3-17(31)16(5-13)9-30)22(11-41-21)43-29(40)15-7-19(33)24(36)20(34)8-15/h2-7,21-22,26-27,31-39H,8-11H2,1H3;2-7,20-21,25-26,30-38H,8-10H2,1H3;2-8,21-22,25-26,30-37H,9-11H2,1H3. The number of aliphatic hydroxyl groups excluding tert-OH is 7. The number of hydrogen-bond donors (Lipinski definition) is 26. The molecule has 720 valence electrons. The van der Waals surface area contributed by atoms with E-state index in [-0.39, 0.29) is 78.1 Å². The Labute approximate surface area is 757 Å². The molecule has 47 nitrogen and oxygen atoms in total. The van der Waals surface area contributed by atoms with Crippen LogP contribution in [0.2, 0.25) is 0 Å². The normalized spacial score (nSPS) is 19.5. The second-order valence-electron chi connectivity index (χ2n) is 30.0. The minimum atomic E-state index is -1.85. The van der Waals surface area contributed by atoms with E-state index < -0.39 is 313 Å². The van der Waals surface area contributed by atoms with Crippen molar-refractivity contribution in [2.24, 2.45) is 0 Å². The molecule has 0 aliphatic carbocycles. The molecule has 0 saturated carbocycles. The Kier molecular flexibility index (Phi) is 32.5. The Morgan fingerprint density at radius 2 is 0.496 bits per heavy atom. The summed E-state index contributed by atoms with van der Waals surface area (Å²) in [5.74, 6) is -22.8. The minimum absolute atomic E-state index is 0.00203. The minimum Gasteiger partial charge on any atom is -0.508 e. The van der Waals surface area contributed by atoms with Gasteiger partial charge in [0.05, 0.1) is 96.3 Å². The molecular formula is C88H86O47. The van der Waals surface area contributed by atoms with Gasteiger partial charge in [0.25, 0.3) is 0 Å². The van der Waals surface area contributed by atoms with Gasteiger partial charge in [0.1, 0.15) is 67.9 Å². The second-order valence-corrected chi connectivity index (χ2v) is 30.0. The summed E-state index contributed by atoms with van der Waals surface area (Å²) in [6.07, 6.45) is -19.2. The molecule has 0 spiro atoms. The van der Waals surface area contributed by atoms with E-state index in [1.165, 1.54) is 45.0 Å². The topological polar surface area (TPSA) is 790 Å². The number of phenols is 19. The lowest BCUT2D eigenvalue weighted by molar-refractivity contribution is -0.196. The number of rotatable bonds is 25. The number of carbonyl (C=O) groups is 9. The molecule has 3 aliphatic rings. The number of benzene rings is 9. The van der Waals surface area contributed by atoms with Crippen LogP contribution in [0.1, 0.15) is 132 Å². The number of aliphatic hydroxyl groups is 7. The van der Waals surface area contributed by atoms with E-state index in [4.69, 9.17) is 56.8 Å². The number of aromatic hydroxyl groups is 19. The van der Waals surface area contributed by atoms with Crippen LogP contribution < -0.4 is 0 Å². The molecule has 3 saturated heterocycles. The van der Waals surface area contributed by atoms with Crippen molar-refractivity contribution in [1.82, 2.24) is 0 Å². The van der Waals surface area contributed by atoms with E-state index in [1.807, 2.05) is 0 Å². The molecule has 12 atom stereocenters. The average Bonchev–Trinajstić information content (AvgIpc) is 0.793. The smallest absolute Gasteiger partial charge is 0.338 e. The molecule has 0 radical (unpaired) electrons. The molecule has 26 N–H and O–H groups in total. The van der Waals surface area contributed by atoms with Gasteiger partial charge in [-0.25, -0.2) is 43.2 Å². The SMILES string of the molecule is Cc1cc(C(=O)OCC2OCC(OC(=O)c3cc(O)c(O)c(O)c3)C(O)C2OC(=O)c2cc(O)c(O)c(CO)c2)cc(O)c1O.Cc1cc(C(=O)OCC2OCC(OC(=O)c3cc(O)c(O)c(O)c3)C(OC(=O)c3cc(CO)c(O)c(CO)c3)C2O)cc(O)c1O.Cc1cc(C(=O)OCC2OCC(OC(=O)c3cc(O)c(O)c(O)c3)C(OC(=O)c3ccc(O)c(CO)c3)C2O)cc(O)c1O. The molecule has 0 bridgehead atoms. The van der Waals surface area contributed by atoms with E-state index in [0.717, 1.165) is 91.0 Å². The fraction of sp³-hybridized carbons (Fsp3) is 0.284. The fourth-order valence-electron chi connectivity index (χ4n) is 13.3. The highest BCUT2D eigenvalue weighted by Crippen LogP contribution is 2.42. The lowest BCUT2D eigenvalue weighted by Gasteiger charge is -2.38. The third kappa shape index (κ3) is 23.7. The third-order valence-corrected chi connectivity index (χ3v) is 20.7. The van der Waals surface area contributed by atoms with Gasteiger partial charge < -0.3 is 190 Å². The molecule has 135 heavy (non-hydrogen) atoms. The van der Waals surface area contributed by atoms with Crippen LogP contribution in [0.25, 0.3) is 0 Å². The summed E-state index contributed by atoms with van der Waals surface area (Å²) >= 11 is 0. The zero-order valence-corrected chi connectivity index (χ0v) is 70.2. The summed E-state index contributed by atoms with van der Waals surface area (Å²) in [5, 5.41) is 257. The second kappa shape index (κ2) is 43.4. The van der Waals surface area contributed by atoms with E-state index in [1.54, 1.807) is 0 Å². The maximum Gasteiger partial charge on any atom is 0.338 e. The number of aryl methyl sites for hydroxylation is 3. The molecule has 9 aromatic rings. The largest absolute Gasteiger partial charge is 0.508 e. The van der Waals surface area contributed by atoms with Gasteiger partial charge in [0.15, 0.2) is 134 Å². The monoisotopic (exact) mass is 1890 g/mol. The van der Waals surface area contributed by atoms with E-state index in [9.17, 15) is 176 Å². The van der Waals surface area contributed by atoms with Gasteiger partial charge in [0, 0.05) is 22.3 Å². The van der Waals surface area contributed by atoms with E-state index in [0.29, 0.717) is 0 Å². The summed E-state index contributed by atoms with van der Waals surface area (Å²) < 4.78 is 64.6. The number of hydrogen-bond acceptors (Lipinski definition) is 47. The number of phenolic OH excluding ortho intramolecular Hbond substituents is 16. The quantitative estimate of drug-likeness (QED) is 0.0222. The van der Waals surface area contributed by atoms with Crippen molar-refractivity contribution < 1.29 is 233 Å². The molecule has 47 heteroatoms. The maximum absolute atomic E-state index is 13.2. The molecule has 0 aromatic heterocycles. The van der Waals surface area contributed by atoms with Crippen molar-refractivity contribution in [3.8, 4) is 109 Å². The molecular weight excluding hydrogens is 1810 g/mol. The molecule has 9 aromatic carbocycles. The summed E-state index contributed by atoms with van der Waals surface area (Å²) in [4.78, 5) is 116. The van der Waals surface area contributed by atoms with Crippen LogP contribution in [0.3, 0.4) is 0 Å². The van der Waals surface area contributed by atoms with Crippen LogP contribution in [0.5, 0.6) is 109 Å². The van der Waals surface area contributed by atoms with E-state index in [2.05, 4.69) is 0 Å². The number of ether oxygens (including phenoxy) is 12. The van der Waals surface area contributed by atoms with Crippen molar-refractivity contribution >= 4 is 53.7 Å². The lowest BCUT2D eigenvalue weighted by Crippen LogP contribution is -2.57. The first-order valence-corrected chi connectivity index (χ1v) is 39.4. The van der Waals surface area contributed by atoms with Crippen molar-refractivity contribution in [2.45, 2.75) is 120 Å². The number of esters is 9. The van der Waals surface area contributed by atoms with Crippen molar-refractivity contribution in [3.63, 3.8) is 0 Å². The van der Waals surface area contributed by atoms with Crippen molar-refractivity contribution in [2.75, 3.05) is 39.6 Å². The van der Waals surface area contributed by atoms with Crippen molar-refractivity contribution in [3.05, 3.63) is 204 Å². The summed E-state index contributed by atoms with van der Waals surface area (Å²) in [6, 6.07) is 18.8. The predicted octanol–water partition coefficient (Wildman–Crippen LogP) is 2.46. The number of carbonyl (C=O) groups excluding carboxylic acids is 9. The Morgan fingerprint density at radius 1 is 0.252 bits per heavy atom. The van der Waals surface area contributed by atoms with Crippen molar-refractivity contribution in [1.29, 1.82) is 0 Å². The summed E-state index contributed by atoms with van der Waals surface area (Å²) in [5.41, 5.74) is -2.42. The highest BCUT2D eigenvalue weighted by atomic mass is 16.7. The zero-order valence-electron chi connectivity index (χ0n) is 70.2. The summed E-state index contributed by atoms with van der Waals surface area (Å²) in [7, 11) is 0. The van der Waals surface area contributed by atoms with Crippen LogP contribution in [-0.4, -0.2) is 299 Å². The Balaban J connectivity index is 0.000000210. The average molecular weight is 1900 g/mol. The van der Waals surface area contributed by atoms with Gasteiger partial charge in [-0.3, -0.25) is 0 Å². The first-order chi connectivity index (χ1) is 63.8. The molecule has 12 unspecified atom stereocenters. The summed E-state index contributed by atoms with van der Waals surface area (Å²) in [6.45, 7) is -1.95. The lowest BCUT2D eigenvalue weighted by atomic mass is 9.99. The molecule has 0 amide bonds. The predicted molar refractivity (Wildman–Crippen MR) is 441 cm³/mol. The maximum atomic E-state index is 13.2. The van der Waals surface area contributed by atoms with Crippen LogP contribution in [0.4, 0.5) is 0 Å². The Hall–Kier alpha value is -16.0. The van der Waals surface area contributed by atoms with Gasteiger partial charge in [-0.15, -0.1) is 0 Å². The van der Waals surface area contributed by atoms with Gasteiger partial charge in [-0.2, -0.15) is 0 Å². The van der Waals surface area contributed by atoms with E-state index >= 15 is 0 Å². The van der Waals surface area contributed by atoms with Gasteiger partial charge in [-0.05, 0) is 153 Å². The van der Waals surface area contributed by atoms with Gasteiger partial charge in [-0.1, -0.05) is 0 Å². The molecule has 12 rings (SSSR count). The molecule has 3 heterocycles. The first kappa shape index (κ1) is 101. The first-order valence-electron chi connectivity index (χ1n) is 39.4. The van der Waals surface area contributed by atoms with Crippen LogP contribution >= 0.6 is 0 Å². The van der Waals surface area contributed by atoms with Gasteiger partial charge in [0.2, 0.25) is 0 Å². The molecule has 3 aliphatic heterocycles.